The first-order valence-electron chi connectivity index (χ1n) is 7.29. The summed E-state index contributed by atoms with van der Waals surface area (Å²) in [4.78, 5) is 13.9. The van der Waals surface area contributed by atoms with Crippen molar-refractivity contribution in [2.24, 2.45) is 5.92 Å². The summed E-state index contributed by atoms with van der Waals surface area (Å²) in [5.74, 6) is 0.175. The van der Waals surface area contributed by atoms with E-state index in [0.29, 0.717) is 28.9 Å². The van der Waals surface area contributed by atoms with Crippen molar-refractivity contribution in [3.05, 3.63) is 41.0 Å². The molecule has 5 nitrogen and oxygen atoms in total. The maximum atomic E-state index is 12.3. The van der Waals surface area contributed by atoms with E-state index >= 15 is 0 Å². The fourth-order valence-electron chi connectivity index (χ4n) is 2.40. The molecule has 6 heteroatoms. The predicted molar refractivity (Wildman–Crippen MR) is 84.7 cm³/mol. The van der Waals surface area contributed by atoms with E-state index in [1.54, 1.807) is 25.2 Å². The number of H-pyrrole nitrogens is 1. The number of hydrogen-bond acceptors (Lipinski definition) is 3. The number of nitrogens with one attached hydrogen (secondary N) is 1. The number of hydrogen-bond donors (Lipinski definition) is 2. The molecule has 0 aliphatic heterocycles. The number of nitrogens with zero attached hydrogens (tertiary/aromatic N) is 2. The molecule has 0 radical (unpaired) electrons. The van der Waals surface area contributed by atoms with Crippen molar-refractivity contribution in [2.75, 3.05) is 13.6 Å². The number of rotatable bonds is 5. The third kappa shape index (κ3) is 3.31. The number of carbonyl (C=O) groups is 1. The zero-order valence-electron chi connectivity index (χ0n) is 12.3. The molecule has 1 aliphatic rings. The van der Waals surface area contributed by atoms with Gasteiger partial charge in [-0.1, -0.05) is 23.7 Å². The Kier molecular flexibility index (Phi) is 4.18. The second-order valence-corrected chi connectivity index (χ2v) is 6.20. The van der Waals surface area contributed by atoms with E-state index in [2.05, 4.69) is 10.2 Å². The van der Waals surface area contributed by atoms with Gasteiger partial charge in [-0.05, 0) is 37.0 Å². The molecule has 0 saturated heterocycles. The Bertz CT molecular complexity index is 664. The fraction of sp³-hybridized carbons (Fsp3) is 0.375. The number of aromatic nitrogens is 2. The van der Waals surface area contributed by atoms with Gasteiger partial charge in [0.15, 0.2) is 0 Å². The average Bonchev–Trinajstić information content (AvgIpc) is 3.25. The van der Waals surface area contributed by atoms with Gasteiger partial charge >= 0.3 is 0 Å². The topological polar surface area (TPSA) is 69.2 Å². The third-order valence-electron chi connectivity index (χ3n) is 3.92. The van der Waals surface area contributed by atoms with Crippen LogP contribution in [0.15, 0.2) is 30.3 Å². The van der Waals surface area contributed by atoms with Gasteiger partial charge in [-0.25, -0.2) is 0 Å². The monoisotopic (exact) mass is 319 g/mol. The van der Waals surface area contributed by atoms with Gasteiger partial charge in [0, 0.05) is 24.2 Å². The van der Waals surface area contributed by atoms with E-state index in [9.17, 15) is 9.90 Å². The van der Waals surface area contributed by atoms with Crippen molar-refractivity contribution in [1.29, 1.82) is 0 Å². The van der Waals surface area contributed by atoms with Crippen molar-refractivity contribution in [3.63, 3.8) is 0 Å². The first-order chi connectivity index (χ1) is 10.5. The SMILES string of the molecule is CN(CC(O)C1CC1)C(=O)c1cc(-c2ccc(Cl)cc2)n[nH]1. The van der Waals surface area contributed by atoms with Crippen molar-refractivity contribution in [2.45, 2.75) is 18.9 Å². The maximum absolute atomic E-state index is 12.3. The van der Waals surface area contributed by atoms with Crippen molar-refractivity contribution >= 4 is 17.5 Å². The van der Waals surface area contributed by atoms with Gasteiger partial charge in [-0.15, -0.1) is 0 Å². The summed E-state index contributed by atoms with van der Waals surface area (Å²) in [5, 5.41) is 17.5. The lowest BCUT2D eigenvalue weighted by molar-refractivity contribution is 0.0640. The summed E-state index contributed by atoms with van der Waals surface area (Å²) in [6.45, 7) is 0.346. The highest BCUT2D eigenvalue weighted by atomic mass is 35.5. The zero-order valence-corrected chi connectivity index (χ0v) is 13.0. The van der Waals surface area contributed by atoms with Crippen LogP contribution in [0.1, 0.15) is 23.3 Å². The van der Waals surface area contributed by atoms with Crippen molar-refractivity contribution in [1.82, 2.24) is 15.1 Å². The number of amides is 1. The first kappa shape index (κ1) is 15.1. The van der Waals surface area contributed by atoms with Gasteiger partial charge in [-0.3, -0.25) is 9.89 Å². The molecule has 0 spiro atoms. The number of aliphatic hydroxyl groups is 1. The molecule has 22 heavy (non-hydrogen) atoms. The third-order valence-corrected chi connectivity index (χ3v) is 4.17. The maximum Gasteiger partial charge on any atom is 0.271 e. The van der Waals surface area contributed by atoms with Gasteiger partial charge in [0.05, 0.1) is 11.8 Å². The normalized spacial score (nSPS) is 15.6. The Labute approximate surface area is 133 Å². The van der Waals surface area contributed by atoms with Crippen LogP contribution >= 0.6 is 11.6 Å². The molecule has 2 N–H and O–H groups in total. The molecule has 0 bridgehead atoms. The van der Waals surface area contributed by atoms with Gasteiger partial charge in [0.2, 0.25) is 0 Å². The summed E-state index contributed by atoms with van der Waals surface area (Å²) in [6.07, 6.45) is 1.66. The second-order valence-electron chi connectivity index (χ2n) is 5.76. The van der Waals surface area contributed by atoms with Crippen LogP contribution in [-0.4, -0.2) is 45.8 Å². The van der Waals surface area contributed by atoms with Crippen LogP contribution in [0.4, 0.5) is 0 Å². The molecular formula is C16H18ClN3O2. The van der Waals surface area contributed by atoms with Crippen LogP contribution in [0.2, 0.25) is 5.02 Å². The van der Waals surface area contributed by atoms with Gasteiger partial charge in [0.1, 0.15) is 5.69 Å². The van der Waals surface area contributed by atoms with E-state index in [1.807, 2.05) is 12.1 Å². The summed E-state index contributed by atoms with van der Waals surface area (Å²) in [7, 11) is 1.69. The number of halogens is 1. The molecule has 1 heterocycles. The molecule has 3 rings (SSSR count). The Hall–Kier alpha value is -1.85. The Morgan fingerprint density at radius 2 is 2.14 bits per heavy atom. The van der Waals surface area contributed by atoms with E-state index in [4.69, 9.17) is 11.6 Å². The quantitative estimate of drug-likeness (QED) is 0.890. The minimum absolute atomic E-state index is 0.174. The van der Waals surface area contributed by atoms with Crippen LogP contribution in [0.25, 0.3) is 11.3 Å². The lowest BCUT2D eigenvalue weighted by Gasteiger charge is -2.19. The molecule has 1 aromatic heterocycles. The molecule has 116 valence electrons. The lowest BCUT2D eigenvalue weighted by atomic mass is 10.1. The fourth-order valence-corrected chi connectivity index (χ4v) is 2.52. The summed E-state index contributed by atoms with van der Waals surface area (Å²) < 4.78 is 0. The number of carbonyl (C=O) groups excluding carboxylic acids is 1. The number of likely N-dealkylation sites (N-methyl/N-ethyl adjacent to an activating group) is 1. The van der Waals surface area contributed by atoms with E-state index in [0.717, 1.165) is 18.4 Å². The molecule has 1 amide bonds. The van der Waals surface area contributed by atoms with Crippen molar-refractivity contribution < 1.29 is 9.90 Å². The molecule has 1 aliphatic carbocycles. The summed E-state index contributed by atoms with van der Waals surface area (Å²) in [6, 6.07) is 8.99. The standard InChI is InChI=1S/C16H18ClN3O2/c1-20(9-15(21)11-2-3-11)16(22)14-8-13(18-19-14)10-4-6-12(17)7-5-10/h4-8,11,15,21H,2-3,9H2,1H3,(H,18,19). The van der Waals surface area contributed by atoms with Gasteiger partial charge in [-0.2, -0.15) is 5.10 Å². The van der Waals surface area contributed by atoms with Crippen LogP contribution in [0, 0.1) is 5.92 Å². The highest BCUT2D eigenvalue weighted by molar-refractivity contribution is 6.30. The Morgan fingerprint density at radius 1 is 1.45 bits per heavy atom. The summed E-state index contributed by atoms with van der Waals surface area (Å²) in [5.41, 5.74) is 1.99. The molecular weight excluding hydrogens is 302 g/mol. The molecule has 1 saturated carbocycles. The number of aromatic amines is 1. The molecule has 1 aromatic carbocycles. The molecule has 2 aromatic rings. The Morgan fingerprint density at radius 3 is 2.77 bits per heavy atom. The number of aliphatic hydroxyl groups excluding tert-OH is 1. The van der Waals surface area contributed by atoms with Crippen molar-refractivity contribution in [3.8, 4) is 11.3 Å². The molecule has 1 unspecified atom stereocenters. The minimum atomic E-state index is -0.437. The van der Waals surface area contributed by atoms with E-state index < -0.39 is 6.10 Å². The highest BCUT2D eigenvalue weighted by Gasteiger charge is 2.31. The summed E-state index contributed by atoms with van der Waals surface area (Å²) >= 11 is 5.86. The highest BCUT2D eigenvalue weighted by Crippen LogP contribution is 2.32. The van der Waals surface area contributed by atoms with Crippen LogP contribution in [0.3, 0.4) is 0 Å². The van der Waals surface area contributed by atoms with Gasteiger partial charge in [0.25, 0.3) is 5.91 Å². The van der Waals surface area contributed by atoms with Crippen LogP contribution in [0.5, 0.6) is 0 Å². The lowest BCUT2D eigenvalue weighted by Crippen LogP contribution is -2.35. The predicted octanol–water partition coefficient (Wildman–Crippen LogP) is 2.57. The second kappa shape index (κ2) is 6.10. The van der Waals surface area contributed by atoms with Crippen LogP contribution in [-0.2, 0) is 0 Å². The largest absolute Gasteiger partial charge is 0.391 e. The first-order valence-corrected chi connectivity index (χ1v) is 7.67. The van der Waals surface area contributed by atoms with E-state index in [-0.39, 0.29) is 5.91 Å². The zero-order chi connectivity index (χ0) is 15.7. The minimum Gasteiger partial charge on any atom is -0.391 e. The van der Waals surface area contributed by atoms with E-state index in [1.165, 1.54) is 4.90 Å². The van der Waals surface area contributed by atoms with Gasteiger partial charge < -0.3 is 10.0 Å². The number of benzene rings is 1. The molecule has 1 fully saturated rings. The van der Waals surface area contributed by atoms with Crippen LogP contribution < -0.4 is 0 Å². The molecule has 1 atom stereocenters. The average molecular weight is 320 g/mol. The Balaban J connectivity index is 1.69. The smallest absolute Gasteiger partial charge is 0.271 e.